The van der Waals surface area contributed by atoms with Crippen molar-refractivity contribution in [2.24, 2.45) is 0 Å². The molecule has 1 amide bonds. The van der Waals surface area contributed by atoms with Crippen LogP contribution in [0.3, 0.4) is 0 Å². The molecule has 0 radical (unpaired) electrons. The van der Waals surface area contributed by atoms with E-state index in [9.17, 15) is 14.4 Å². The molecule has 2 aromatic rings. The van der Waals surface area contributed by atoms with Gasteiger partial charge in [0.15, 0.2) is 5.78 Å². The number of ether oxygens (including phenoxy) is 1. The van der Waals surface area contributed by atoms with E-state index < -0.39 is 24.1 Å². The number of carboxylic acid groups (broad SMARTS) is 1. The van der Waals surface area contributed by atoms with Crippen molar-refractivity contribution in [3.8, 4) is 11.1 Å². The third-order valence-electron chi connectivity index (χ3n) is 6.14. The predicted molar refractivity (Wildman–Crippen MR) is 115 cm³/mol. The Morgan fingerprint density at radius 1 is 1.10 bits per heavy atom. The number of rotatable bonds is 6. The molecule has 1 fully saturated rings. The van der Waals surface area contributed by atoms with E-state index in [1.54, 1.807) is 4.90 Å². The van der Waals surface area contributed by atoms with Crippen LogP contribution in [0.15, 0.2) is 48.5 Å². The van der Waals surface area contributed by atoms with Gasteiger partial charge in [0.1, 0.15) is 6.04 Å². The Hall–Kier alpha value is -3.19. The number of carbonyl (C=O) groups excluding carboxylic acids is 2. The van der Waals surface area contributed by atoms with Gasteiger partial charge in [-0.15, -0.1) is 0 Å². The second kappa shape index (κ2) is 8.89. The fraction of sp³-hybridized carbons (Fsp3) is 0.375. The zero-order valence-corrected chi connectivity index (χ0v) is 17.5. The quantitative estimate of drug-likeness (QED) is 0.768. The van der Waals surface area contributed by atoms with Crippen LogP contribution in [0.4, 0.5) is 4.79 Å². The van der Waals surface area contributed by atoms with Gasteiger partial charge in [0.05, 0.1) is 13.2 Å². The van der Waals surface area contributed by atoms with Gasteiger partial charge in [-0.1, -0.05) is 48.5 Å². The van der Waals surface area contributed by atoms with Gasteiger partial charge in [-0.3, -0.25) is 14.5 Å². The maximum absolute atomic E-state index is 13.0. The summed E-state index contributed by atoms with van der Waals surface area (Å²) in [7, 11) is 1.33. The summed E-state index contributed by atoms with van der Waals surface area (Å²) in [5, 5.41) is 8.92. The summed E-state index contributed by atoms with van der Waals surface area (Å²) in [5.41, 5.74) is 4.06. The van der Waals surface area contributed by atoms with E-state index in [0.717, 1.165) is 22.3 Å². The SMILES string of the molecule is COC(=O)N(C1CN(CCCC(=O)O)CCC1=O)C1c2ccccc2-c2ccccc21. The molecular formula is C24H26N2O5. The summed E-state index contributed by atoms with van der Waals surface area (Å²) in [6, 6.07) is 14.8. The summed E-state index contributed by atoms with van der Waals surface area (Å²) in [6.07, 6.45) is 0.367. The van der Waals surface area contributed by atoms with Crippen molar-refractivity contribution in [3.63, 3.8) is 0 Å². The lowest BCUT2D eigenvalue weighted by molar-refractivity contribution is -0.137. The monoisotopic (exact) mass is 422 g/mol. The van der Waals surface area contributed by atoms with Crippen LogP contribution in [0.2, 0.25) is 0 Å². The Labute approximate surface area is 181 Å². The topological polar surface area (TPSA) is 87.2 Å². The van der Waals surface area contributed by atoms with Crippen molar-refractivity contribution in [2.45, 2.75) is 31.3 Å². The van der Waals surface area contributed by atoms with Gasteiger partial charge in [0.2, 0.25) is 0 Å². The van der Waals surface area contributed by atoms with Gasteiger partial charge in [0.25, 0.3) is 0 Å². The summed E-state index contributed by atoms with van der Waals surface area (Å²) in [4.78, 5) is 40.5. The zero-order chi connectivity index (χ0) is 22.0. The van der Waals surface area contributed by atoms with E-state index in [-0.39, 0.29) is 12.2 Å². The number of piperidine rings is 1. The number of hydrogen-bond donors (Lipinski definition) is 1. The smallest absolute Gasteiger partial charge is 0.410 e. The first-order chi connectivity index (χ1) is 15.0. The number of Topliss-reactive ketones (excluding diaryl/α,β-unsaturated/α-hetero) is 1. The lowest BCUT2D eigenvalue weighted by Crippen LogP contribution is -2.56. The van der Waals surface area contributed by atoms with Crippen LogP contribution in [-0.4, -0.2) is 65.5 Å². The first-order valence-electron chi connectivity index (χ1n) is 10.5. The zero-order valence-electron chi connectivity index (χ0n) is 17.5. The maximum Gasteiger partial charge on any atom is 0.410 e. The van der Waals surface area contributed by atoms with Gasteiger partial charge < -0.3 is 14.7 Å². The first-order valence-corrected chi connectivity index (χ1v) is 10.5. The predicted octanol–water partition coefficient (Wildman–Crippen LogP) is 3.33. The number of likely N-dealkylation sites (tertiary alicyclic amines) is 1. The van der Waals surface area contributed by atoms with E-state index in [1.807, 2.05) is 48.5 Å². The molecule has 2 aromatic carbocycles. The molecule has 7 heteroatoms. The molecule has 1 atom stereocenters. The van der Waals surface area contributed by atoms with E-state index in [4.69, 9.17) is 9.84 Å². The number of fused-ring (bicyclic) bond motifs is 3. The fourth-order valence-electron chi connectivity index (χ4n) is 4.72. The summed E-state index contributed by atoms with van der Waals surface area (Å²) in [5.74, 6) is -0.832. The van der Waals surface area contributed by atoms with Gasteiger partial charge >= 0.3 is 12.1 Å². The van der Waals surface area contributed by atoms with Crippen LogP contribution in [0.25, 0.3) is 11.1 Å². The number of amides is 1. The third-order valence-corrected chi connectivity index (χ3v) is 6.14. The molecule has 7 nitrogen and oxygen atoms in total. The molecule has 1 unspecified atom stereocenters. The average molecular weight is 422 g/mol. The second-order valence-corrected chi connectivity index (χ2v) is 7.98. The Morgan fingerprint density at radius 3 is 2.29 bits per heavy atom. The molecule has 0 saturated carbocycles. The van der Waals surface area contributed by atoms with Crippen LogP contribution in [-0.2, 0) is 14.3 Å². The fourth-order valence-corrected chi connectivity index (χ4v) is 4.72. The summed E-state index contributed by atoms with van der Waals surface area (Å²) in [6.45, 7) is 1.51. The van der Waals surface area contributed by atoms with E-state index in [2.05, 4.69) is 4.90 Å². The van der Waals surface area contributed by atoms with Crippen LogP contribution in [0.1, 0.15) is 36.4 Å². The van der Waals surface area contributed by atoms with Crippen molar-refractivity contribution < 1.29 is 24.2 Å². The van der Waals surface area contributed by atoms with Gasteiger partial charge in [-0.05, 0) is 35.2 Å². The lowest BCUT2D eigenvalue weighted by Gasteiger charge is -2.40. The Morgan fingerprint density at radius 2 is 1.71 bits per heavy atom. The Kier molecular flexibility index (Phi) is 6.04. The number of benzene rings is 2. The average Bonchev–Trinajstić information content (AvgIpc) is 3.10. The highest BCUT2D eigenvalue weighted by molar-refractivity contribution is 5.90. The van der Waals surface area contributed by atoms with E-state index in [1.165, 1.54) is 7.11 Å². The number of carbonyl (C=O) groups is 3. The first kappa shape index (κ1) is 21.1. The normalized spacial score (nSPS) is 18.4. The van der Waals surface area contributed by atoms with Crippen molar-refractivity contribution in [1.29, 1.82) is 0 Å². The number of ketones is 1. The van der Waals surface area contributed by atoms with E-state index in [0.29, 0.717) is 32.5 Å². The Bertz CT molecular complexity index is 959. The van der Waals surface area contributed by atoms with Crippen molar-refractivity contribution in [1.82, 2.24) is 9.80 Å². The van der Waals surface area contributed by atoms with Gasteiger partial charge in [0, 0.05) is 25.9 Å². The van der Waals surface area contributed by atoms with Crippen LogP contribution < -0.4 is 0 Å². The molecule has 2 aliphatic rings. The molecule has 31 heavy (non-hydrogen) atoms. The molecule has 162 valence electrons. The molecule has 0 aromatic heterocycles. The lowest BCUT2D eigenvalue weighted by atomic mass is 9.96. The van der Waals surface area contributed by atoms with Gasteiger partial charge in [-0.25, -0.2) is 4.79 Å². The molecule has 1 saturated heterocycles. The van der Waals surface area contributed by atoms with Crippen LogP contribution in [0, 0.1) is 0 Å². The van der Waals surface area contributed by atoms with E-state index >= 15 is 0 Å². The highest BCUT2D eigenvalue weighted by Crippen LogP contribution is 2.47. The largest absolute Gasteiger partial charge is 0.481 e. The summed E-state index contributed by atoms with van der Waals surface area (Å²) >= 11 is 0. The highest BCUT2D eigenvalue weighted by atomic mass is 16.5. The van der Waals surface area contributed by atoms with Crippen molar-refractivity contribution in [3.05, 3.63) is 59.7 Å². The maximum atomic E-state index is 13.0. The number of aliphatic carboxylic acids is 1. The van der Waals surface area contributed by atoms with Crippen LogP contribution >= 0.6 is 0 Å². The van der Waals surface area contributed by atoms with Gasteiger partial charge in [-0.2, -0.15) is 0 Å². The molecule has 1 aliphatic carbocycles. The standard InChI is InChI=1S/C24H26N2O5/c1-31-24(30)26(20-15-25(14-12-21(20)27)13-6-11-22(28)29)23-18-9-4-2-7-16(18)17-8-3-5-10-19(17)23/h2-5,7-10,20,23H,6,11-15H2,1H3,(H,28,29). The minimum atomic E-state index is -0.833. The molecular weight excluding hydrogens is 396 g/mol. The van der Waals surface area contributed by atoms with Crippen molar-refractivity contribution >= 4 is 17.8 Å². The third kappa shape index (κ3) is 4.05. The minimum Gasteiger partial charge on any atom is -0.481 e. The molecule has 1 N–H and O–H groups in total. The number of carboxylic acids is 1. The second-order valence-electron chi connectivity index (χ2n) is 7.98. The van der Waals surface area contributed by atoms with Crippen molar-refractivity contribution in [2.75, 3.05) is 26.7 Å². The minimum absolute atomic E-state index is 0.00162. The van der Waals surface area contributed by atoms with Crippen LogP contribution in [0.5, 0.6) is 0 Å². The molecule has 1 heterocycles. The molecule has 1 aliphatic heterocycles. The molecule has 0 bridgehead atoms. The Balaban J connectivity index is 1.68. The molecule has 4 rings (SSSR count). The molecule has 0 spiro atoms. The highest BCUT2D eigenvalue weighted by Gasteiger charge is 2.43. The number of hydrogen-bond acceptors (Lipinski definition) is 5. The summed E-state index contributed by atoms with van der Waals surface area (Å²) < 4.78 is 5.14. The number of nitrogens with zero attached hydrogens (tertiary/aromatic N) is 2. The number of methoxy groups -OCH3 is 1.